The van der Waals surface area contributed by atoms with Crippen molar-refractivity contribution in [3.63, 3.8) is 0 Å². The lowest BCUT2D eigenvalue weighted by Gasteiger charge is -2.23. The van der Waals surface area contributed by atoms with Gasteiger partial charge >= 0.3 is 0 Å². The van der Waals surface area contributed by atoms with E-state index < -0.39 is 12.4 Å². The van der Waals surface area contributed by atoms with Crippen molar-refractivity contribution in [1.82, 2.24) is 0 Å². The zero-order chi connectivity index (χ0) is 9.84. The first-order chi connectivity index (χ1) is 6.09. The molecule has 0 spiro atoms. The van der Waals surface area contributed by atoms with E-state index in [0.717, 1.165) is 6.42 Å². The molecule has 4 atom stereocenters. The molecule has 2 N–H and O–H groups in total. The van der Waals surface area contributed by atoms with Crippen LogP contribution in [0.5, 0.6) is 0 Å². The fourth-order valence-electron chi connectivity index (χ4n) is 1.60. The van der Waals surface area contributed by atoms with Crippen LogP contribution in [0.1, 0.15) is 26.7 Å². The van der Waals surface area contributed by atoms with E-state index in [-0.39, 0.29) is 6.10 Å². The van der Waals surface area contributed by atoms with E-state index in [9.17, 15) is 5.11 Å². The second-order valence-electron chi connectivity index (χ2n) is 3.72. The number of aliphatic hydroxyl groups is 2. The predicted molar refractivity (Wildman–Crippen MR) is 50.1 cm³/mol. The molecule has 13 heavy (non-hydrogen) atoms. The number of aliphatic hydroxyl groups excluding tert-OH is 2. The zero-order valence-electron chi connectivity index (χ0n) is 8.18. The molecule has 0 radical (unpaired) electrons. The highest BCUT2D eigenvalue weighted by atomic mass is 16.6. The van der Waals surface area contributed by atoms with Gasteiger partial charge in [0.1, 0.15) is 0 Å². The highest BCUT2D eigenvalue weighted by molar-refractivity contribution is 4.95. The van der Waals surface area contributed by atoms with E-state index in [1.54, 1.807) is 6.92 Å². The van der Waals surface area contributed by atoms with Crippen LogP contribution in [0.4, 0.5) is 0 Å². The highest BCUT2D eigenvalue weighted by Gasteiger charge is 2.24. The largest absolute Gasteiger partial charge is 0.390 e. The fraction of sp³-hybridized carbons (Fsp3) is 0.800. The minimum absolute atomic E-state index is 0.245. The smallest absolute Gasteiger partial charge is 0.152 e. The van der Waals surface area contributed by atoms with Crippen LogP contribution in [-0.2, 0) is 4.74 Å². The molecule has 0 aromatic rings. The van der Waals surface area contributed by atoms with Gasteiger partial charge in [-0.2, -0.15) is 0 Å². The molecule has 1 aliphatic carbocycles. The van der Waals surface area contributed by atoms with Crippen LogP contribution in [0.2, 0.25) is 0 Å². The molecule has 0 fully saturated rings. The Bertz CT molecular complexity index is 177. The lowest BCUT2D eigenvalue weighted by Crippen LogP contribution is -2.32. The fourth-order valence-corrected chi connectivity index (χ4v) is 1.60. The van der Waals surface area contributed by atoms with Crippen LogP contribution >= 0.6 is 0 Å². The number of allylic oxidation sites excluding steroid dienone is 1. The van der Waals surface area contributed by atoms with E-state index in [1.807, 2.05) is 6.08 Å². The lowest BCUT2D eigenvalue weighted by molar-refractivity contribution is -0.157. The maximum Gasteiger partial charge on any atom is 0.152 e. The van der Waals surface area contributed by atoms with Gasteiger partial charge in [-0.05, 0) is 25.7 Å². The van der Waals surface area contributed by atoms with Crippen molar-refractivity contribution in [2.24, 2.45) is 5.92 Å². The van der Waals surface area contributed by atoms with Crippen molar-refractivity contribution < 1.29 is 14.9 Å². The first kappa shape index (κ1) is 10.7. The summed E-state index contributed by atoms with van der Waals surface area (Å²) in [5.41, 5.74) is 0. The molecule has 3 heteroatoms. The molecule has 0 aliphatic heterocycles. The minimum Gasteiger partial charge on any atom is -0.390 e. The van der Waals surface area contributed by atoms with Gasteiger partial charge in [0.15, 0.2) is 6.29 Å². The molecular weight excluding hydrogens is 168 g/mol. The molecule has 0 amide bonds. The van der Waals surface area contributed by atoms with Crippen molar-refractivity contribution in [2.45, 2.75) is 45.2 Å². The lowest BCUT2D eigenvalue weighted by atomic mass is 10.0. The maximum atomic E-state index is 9.63. The van der Waals surface area contributed by atoms with Gasteiger partial charge in [0.2, 0.25) is 0 Å². The number of hydrogen-bond acceptors (Lipinski definition) is 3. The van der Waals surface area contributed by atoms with Crippen LogP contribution < -0.4 is 0 Å². The molecule has 4 unspecified atom stereocenters. The third kappa shape index (κ3) is 3.46. The Morgan fingerprint density at radius 3 is 2.85 bits per heavy atom. The predicted octanol–water partition coefficient (Wildman–Crippen LogP) is 1.06. The molecule has 0 aromatic carbocycles. The van der Waals surface area contributed by atoms with Gasteiger partial charge < -0.3 is 14.9 Å². The molecule has 0 aromatic heterocycles. The molecule has 76 valence electrons. The average Bonchev–Trinajstić information content (AvgIpc) is 2.14. The van der Waals surface area contributed by atoms with Gasteiger partial charge in [-0.25, -0.2) is 0 Å². The van der Waals surface area contributed by atoms with E-state index in [4.69, 9.17) is 9.84 Å². The summed E-state index contributed by atoms with van der Waals surface area (Å²) >= 11 is 0. The van der Waals surface area contributed by atoms with Gasteiger partial charge in [-0.15, -0.1) is 0 Å². The quantitative estimate of drug-likeness (QED) is 0.500. The highest BCUT2D eigenvalue weighted by Crippen LogP contribution is 2.20. The second-order valence-corrected chi connectivity index (χ2v) is 3.72. The first-order valence-corrected chi connectivity index (χ1v) is 4.78. The Morgan fingerprint density at radius 2 is 2.23 bits per heavy atom. The van der Waals surface area contributed by atoms with Crippen molar-refractivity contribution in [2.75, 3.05) is 0 Å². The van der Waals surface area contributed by atoms with Crippen LogP contribution in [-0.4, -0.2) is 28.7 Å². The zero-order valence-corrected chi connectivity index (χ0v) is 8.18. The average molecular weight is 186 g/mol. The summed E-state index contributed by atoms with van der Waals surface area (Å²) in [6.07, 6.45) is 3.89. The van der Waals surface area contributed by atoms with Crippen molar-refractivity contribution in [3.05, 3.63) is 12.2 Å². The Hall–Kier alpha value is -0.380. The van der Waals surface area contributed by atoms with Gasteiger partial charge in [-0.1, -0.05) is 19.1 Å². The van der Waals surface area contributed by atoms with Crippen LogP contribution in [0.3, 0.4) is 0 Å². The van der Waals surface area contributed by atoms with Gasteiger partial charge in [0, 0.05) is 0 Å². The summed E-state index contributed by atoms with van der Waals surface area (Å²) in [7, 11) is 0. The molecular formula is C10H18O3. The summed E-state index contributed by atoms with van der Waals surface area (Å²) in [5.74, 6) is 0.404. The molecule has 0 bridgehead atoms. The number of ether oxygens (including phenoxy) is 1. The maximum absolute atomic E-state index is 9.63. The van der Waals surface area contributed by atoms with E-state index >= 15 is 0 Å². The summed E-state index contributed by atoms with van der Waals surface area (Å²) < 4.78 is 5.22. The summed E-state index contributed by atoms with van der Waals surface area (Å²) in [5, 5.41) is 18.7. The summed E-state index contributed by atoms with van der Waals surface area (Å²) in [4.78, 5) is 0. The standard InChI is InChI=1S/C10H18O3/c1-7-4-3-5-9(12)10(6-7)13-8(2)11/h3-4,7-12H,5-6H2,1-2H3. The van der Waals surface area contributed by atoms with E-state index in [0.29, 0.717) is 12.3 Å². The molecule has 1 rings (SSSR count). The Balaban J connectivity index is 2.51. The molecule has 0 saturated heterocycles. The van der Waals surface area contributed by atoms with Crippen molar-refractivity contribution >= 4 is 0 Å². The normalized spacial score (nSPS) is 37.1. The number of hydrogen-bond donors (Lipinski definition) is 2. The van der Waals surface area contributed by atoms with Gasteiger partial charge in [0.25, 0.3) is 0 Å². The van der Waals surface area contributed by atoms with Gasteiger partial charge in [0.05, 0.1) is 12.2 Å². The Morgan fingerprint density at radius 1 is 1.54 bits per heavy atom. The van der Waals surface area contributed by atoms with E-state index in [1.165, 1.54) is 0 Å². The van der Waals surface area contributed by atoms with Crippen LogP contribution in [0.25, 0.3) is 0 Å². The van der Waals surface area contributed by atoms with E-state index in [2.05, 4.69) is 13.0 Å². The third-order valence-corrected chi connectivity index (χ3v) is 2.25. The summed E-state index contributed by atoms with van der Waals surface area (Å²) in [6, 6.07) is 0. The summed E-state index contributed by atoms with van der Waals surface area (Å²) in [6.45, 7) is 3.64. The third-order valence-electron chi connectivity index (χ3n) is 2.25. The van der Waals surface area contributed by atoms with Crippen LogP contribution in [0.15, 0.2) is 12.2 Å². The van der Waals surface area contributed by atoms with Crippen LogP contribution in [0, 0.1) is 5.92 Å². The first-order valence-electron chi connectivity index (χ1n) is 4.78. The topological polar surface area (TPSA) is 49.7 Å². The van der Waals surface area contributed by atoms with Crippen molar-refractivity contribution in [1.29, 1.82) is 0 Å². The SMILES string of the molecule is CC1C=CCC(O)C(OC(C)O)C1. The van der Waals surface area contributed by atoms with Gasteiger partial charge in [-0.3, -0.25) is 0 Å². The molecule has 0 heterocycles. The monoisotopic (exact) mass is 186 g/mol. The molecule has 3 nitrogen and oxygen atoms in total. The number of rotatable bonds is 2. The van der Waals surface area contributed by atoms with Crippen molar-refractivity contribution in [3.8, 4) is 0 Å². The molecule has 1 aliphatic rings. The Kier molecular flexibility index (Phi) is 3.90. The Labute approximate surface area is 79.0 Å². The minimum atomic E-state index is -0.801. The molecule has 0 saturated carbocycles. The second kappa shape index (κ2) is 4.74.